The highest BCUT2D eigenvalue weighted by Gasteiger charge is 2.18. The Hall–Kier alpha value is -3.08. The van der Waals surface area contributed by atoms with Crippen molar-refractivity contribution < 1.29 is 9.53 Å². The van der Waals surface area contributed by atoms with E-state index in [1.54, 1.807) is 37.8 Å². The van der Waals surface area contributed by atoms with Gasteiger partial charge in [0.1, 0.15) is 11.4 Å². The van der Waals surface area contributed by atoms with Gasteiger partial charge in [-0.2, -0.15) is 0 Å². The largest absolute Gasteiger partial charge is 0.497 e. The lowest BCUT2D eigenvalue weighted by Gasteiger charge is -2.19. The number of benzene rings is 1. The van der Waals surface area contributed by atoms with Crippen molar-refractivity contribution in [1.29, 1.82) is 0 Å². The molecule has 0 saturated carbocycles. The van der Waals surface area contributed by atoms with Crippen LogP contribution in [0.5, 0.6) is 5.75 Å². The highest BCUT2D eigenvalue weighted by molar-refractivity contribution is 5.92. The summed E-state index contributed by atoms with van der Waals surface area (Å²) in [6.45, 7) is 0. The Kier molecular flexibility index (Phi) is 4.38. The minimum Gasteiger partial charge on any atom is -0.497 e. The molecule has 2 aromatic heterocycles. The van der Waals surface area contributed by atoms with Gasteiger partial charge in [0.15, 0.2) is 0 Å². The van der Waals surface area contributed by atoms with Crippen LogP contribution in [0.2, 0.25) is 0 Å². The fraction of sp³-hybridized carbons (Fsp3) is 0.111. The van der Waals surface area contributed by atoms with Gasteiger partial charge in [-0.1, -0.05) is 12.1 Å². The first-order valence-corrected chi connectivity index (χ1v) is 7.26. The number of methoxy groups -OCH3 is 1. The van der Waals surface area contributed by atoms with Crippen LogP contribution < -0.4 is 10.1 Å². The Labute approximate surface area is 134 Å². The SMILES string of the molecule is COc1ccc([C@@H](NC(=O)c2ccc[nH]2)c2ccncc2)cc1. The fourth-order valence-corrected chi connectivity index (χ4v) is 2.39. The molecule has 3 rings (SSSR count). The van der Waals surface area contributed by atoms with E-state index in [1.807, 2.05) is 36.4 Å². The summed E-state index contributed by atoms with van der Waals surface area (Å²) in [6, 6.07) is 14.7. The molecule has 1 amide bonds. The van der Waals surface area contributed by atoms with Gasteiger partial charge >= 0.3 is 0 Å². The van der Waals surface area contributed by atoms with E-state index in [4.69, 9.17) is 4.74 Å². The molecule has 5 heteroatoms. The summed E-state index contributed by atoms with van der Waals surface area (Å²) in [5.74, 6) is 0.616. The smallest absolute Gasteiger partial charge is 0.268 e. The standard InChI is InChI=1S/C18H17N3O2/c1-23-15-6-4-13(5-7-15)17(14-8-11-19-12-9-14)21-18(22)16-3-2-10-20-16/h2-12,17,20H,1H3,(H,21,22)/t17-/m1/s1. The van der Waals surface area contributed by atoms with Gasteiger partial charge in [-0.3, -0.25) is 9.78 Å². The molecule has 2 heterocycles. The number of aromatic nitrogens is 2. The molecule has 2 N–H and O–H groups in total. The van der Waals surface area contributed by atoms with Crippen LogP contribution >= 0.6 is 0 Å². The van der Waals surface area contributed by atoms with Gasteiger partial charge in [0.2, 0.25) is 0 Å². The van der Waals surface area contributed by atoms with E-state index in [-0.39, 0.29) is 11.9 Å². The predicted octanol–water partition coefficient (Wildman–Crippen LogP) is 2.94. The van der Waals surface area contributed by atoms with E-state index in [1.165, 1.54) is 0 Å². The summed E-state index contributed by atoms with van der Waals surface area (Å²) < 4.78 is 5.19. The second kappa shape index (κ2) is 6.79. The number of hydrogen-bond donors (Lipinski definition) is 2. The van der Waals surface area contributed by atoms with Gasteiger partial charge in [-0.25, -0.2) is 0 Å². The van der Waals surface area contributed by atoms with Crippen molar-refractivity contribution in [3.8, 4) is 5.75 Å². The molecule has 0 aliphatic rings. The van der Waals surface area contributed by atoms with E-state index < -0.39 is 0 Å². The number of carbonyl (C=O) groups is 1. The molecule has 0 saturated heterocycles. The number of H-pyrrole nitrogens is 1. The second-order valence-electron chi connectivity index (χ2n) is 5.04. The molecule has 0 fully saturated rings. The number of amides is 1. The Morgan fingerprint density at radius 2 is 1.78 bits per heavy atom. The van der Waals surface area contributed by atoms with Crippen molar-refractivity contribution in [2.24, 2.45) is 0 Å². The monoisotopic (exact) mass is 307 g/mol. The molecule has 116 valence electrons. The summed E-state index contributed by atoms with van der Waals surface area (Å²) in [5, 5.41) is 3.05. The number of carbonyl (C=O) groups excluding carboxylic acids is 1. The van der Waals surface area contributed by atoms with Crippen molar-refractivity contribution >= 4 is 5.91 Å². The number of hydrogen-bond acceptors (Lipinski definition) is 3. The lowest BCUT2D eigenvalue weighted by molar-refractivity contribution is 0.0938. The Bertz CT molecular complexity index is 753. The number of nitrogens with one attached hydrogen (secondary N) is 2. The van der Waals surface area contributed by atoms with Crippen molar-refractivity contribution in [3.05, 3.63) is 83.9 Å². The first-order chi connectivity index (χ1) is 11.3. The second-order valence-corrected chi connectivity index (χ2v) is 5.04. The zero-order valence-electron chi connectivity index (χ0n) is 12.7. The molecule has 0 spiro atoms. The number of pyridine rings is 1. The third-order valence-corrected chi connectivity index (χ3v) is 3.61. The Morgan fingerprint density at radius 1 is 1.09 bits per heavy atom. The van der Waals surface area contributed by atoms with Crippen molar-refractivity contribution in [2.45, 2.75) is 6.04 Å². The molecule has 5 nitrogen and oxygen atoms in total. The minimum atomic E-state index is -0.264. The maximum atomic E-state index is 12.4. The molecule has 1 atom stereocenters. The normalized spacial score (nSPS) is 11.7. The molecule has 0 aliphatic heterocycles. The quantitative estimate of drug-likeness (QED) is 0.761. The van der Waals surface area contributed by atoms with Crippen LogP contribution in [0.1, 0.15) is 27.7 Å². The number of nitrogens with zero attached hydrogens (tertiary/aromatic N) is 1. The lowest BCUT2D eigenvalue weighted by Crippen LogP contribution is -2.29. The van der Waals surface area contributed by atoms with Crippen LogP contribution in [0.25, 0.3) is 0 Å². The summed E-state index contributed by atoms with van der Waals surface area (Å²) in [4.78, 5) is 19.4. The molecule has 1 aromatic carbocycles. The Morgan fingerprint density at radius 3 is 2.39 bits per heavy atom. The Balaban J connectivity index is 1.91. The van der Waals surface area contributed by atoms with Gasteiger partial charge in [0.05, 0.1) is 13.2 Å². The van der Waals surface area contributed by atoms with Gasteiger partial charge in [-0.05, 0) is 47.5 Å². The fourth-order valence-electron chi connectivity index (χ4n) is 2.39. The molecule has 0 bridgehead atoms. The van der Waals surface area contributed by atoms with E-state index >= 15 is 0 Å². The third kappa shape index (κ3) is 3.40. The van der Waals surface area contributed by atoms with Gasteiger partial charge in [-0.15, -0.1) is 0 Å². The third-order valence-electron chi connectivity index (χ3n) is 3.61. The lowest BCUT2D eigenvalue weighted by atomic mass is 9.99. The average Bonchev–Trinajstić information content (AvgIpc) is 3.15. The number of rotatable bonds is 5. The van der Waals surface area contributed by atoms with Crippen LogP contribution in [-0.4, -0.2) is 23.0 Å². The minimum absolute atomic E-state index is 0.160. The van der Waals surface area contributed by atoms with Crippen LogP contribution in [0.15, 0.2) is 67.1 Å². The zero-order valence-corrected chi connectivity index (χ0v) is 12.7. The van der Waals surface area contributed by atoms with Crippen LogP contribution in [-0.2, 0) is 0 Å². The molecular formula is C18H17N3O2. The molecule has 0 aliphatic carbocycles. The van der Waals surface area contributed by atoms with Crippen LogP contribution in [0, 0.1) is 0 Å². The van der Waals surface area contributed by atoms with Crippen molar-refractivity contribution in [2.75, 3.05) is 7.11 Å². The number of aromatic amines is 1. The predicted molar refractivity (Wildman–Crippen MR) is 87.3 cm³/mol. The maximum absolute atomic E-state index is 12.4. The maximum Gasteiger partial charge on any atom is 0.268 e. The van der Waals surface area contributed by atoms with E-state index in [0.717, 1.165) is 16.9 Å². The van der Waals surface area contributed by atoms with Crippen LogP contribution in [0.4, 0.5) is 0 Å². The van der Waals surface area contributed by atoms with E-state index in [9.17, 15) is 4.79 Å². The topological polar surface area (TPSA) is 67.0 Å². The summed E-state index contributed by atoms with van der Waals surface area (Å²) in [5.41, 5.74) is 2.46. The van der Waals surface area contributed by atoms with E-state index in [0.29, 0.717) is 5.69 Å². The van der Waals surface area contributed by atoms with Crippen molar-refractivity contribution in [3.63, 3.8) is 0 Å². The summed E-state index contributed by atoms with van der Waals surface area (Å²) >= 11 is 0. The highest BCUT2D eigenvalue weighted by atomic mass is 16.5. The van der Waals surface area contributed by atoms with Crippen molar-refractivity contribution in [1.82, 2.24) is 15.3 Å². The number of ether oxygens (including phenoxy) is 1. The first-order valence-electron chi connectivity index (χ1n) is 7.26. The van der Waals surface area contributed by atoms with Gasteiger partial charge in [0, 0.05) is 18.6 Å². The molecule has 23 heavy (non-hydrogen) atoms. The zero-order chi connectivity index (χ0) is 16.1. The molecule has 3 aromatic rings. The summed E-state index contributed by atoms with van der Waals surface area (Å²) in [7, 11) is 1.63. The van der Waals surface area contributed by atoms with Gasteiger partial charge in [0.25, 0.3) is 5.91 Å². The highest BCUT2D eigenvalue weighted by Crippen LogP contribution is 2.24. The molecular weight excluding hydrogens is 290 g/mol. The van der Waals surface area contributed by atoms with Gasteiger partial charge < -0.3 is 15.0 Å². The molecule has 0 unspecified atom stereocenters. The average molecular weight is 307 g/mol. The van der Waals surface area contributed by atoms with Crippen LogP contribution in [0.3, 0.4) is 0 Å². The first kappa shape index (κ1) is 14.8. The summed E-state index contributed by atoms with van der Waals surface area (Å²) in [6.07, 6.45) is 5.16. The molecule has 0 radical (unpaired) electrons. The van der Waals surface area contributed by atoms with E-state index in [2.05, 4.69) is 15.3 Å².